The molecule has 2 rings (SSSR count). The van der Waals surface area contributed by atoms with E-state index in [1.165, 1.54) is 6.20 Å². The Balaban J connectivity index is 2.12. The number of rotatable bonds is 4. The fraction of sp³-hybridized carbons (Fsp3) is 0.143. The summed E-state index contributed by atoms with van der Waals surface area (Å²) < 4.78 is 0. The molecule has 2 aromatic rings. The molecule has 0 unspecified atom stereocenters. The van der Waals surface area contributed by atoms with Gasteiger partial charge in [0.2, 0.25) is 0 Å². The minimum Gasteiger partial charge on any atom is -0.378 e. The van der Waals surface area contributed by atoms with Crippen LogP contribution < -0.4 is 21.5 Å². The maximum absolute atomic E-state index is 12.1. The number of hydrazine groups is 1. The van der Waals surface area contributed by atoms with Crippen LogP contribution in [0, 0.1) is 0 Å². The zero-order chi connectivity index (χ0) is 14.5. The van der Waals surface area contributed by atoms with Gasteiger partial charge in [-0.25, -0.2) is 4.98 Å². The zero-order valence-corrected chi connectivity index (χ0v) is 11.4. The van der Waals surface area contributed by atoms with Crippen molar-refractivity contribution in [1.82, 2.24) is 4.98 Å². The summed E-state index contributed by atoms with van der Waals surface area (Å²) in [4.78, 5) is 18.1. The van der Waals surface area contributed by atoms with Gasteiger partial charge in [-0.05, 0) is 30.3 Å². The van der Waals surface area contributed by atoms with Crippen molar-refractivity contribution in [2.75, 3.05) is 29.7 Å². The van der Waals surface area contributed by atoms with Crippen LogP contribution in [0.2, 0.25) is 0 Å². The number of hydrogen-bond donors (Lipinski definition) is 3. The Labute approximate surface area is 117 Å². The Kier molecular flexibility index (Phi) is 4.17. The van der Waals surface area contributed by atoms with E-state index in [0.717, 1.165) is 11.4 Å². The molecule has 0 bridgehead atoms. The number of nitrogen functional groups attached to an aromatic ring is 1. The number of nitrogens with zero attached hydrogens (tertiary/aromatic N) is 2. The predicted molar refractivity (Wildman–Crippen MR) is 80.8 cm³/mol. The number of hydrogen-bond acceptors (Lipinski definition) is 5. The number of aromatic nitrogens is 1. The van der Waals surface area contributed by atoms with Crippen LogP contribution >= 0.6 is 0 Å². The molecule has 104 valence electrons. The molecule has 0 aliphatic rings. The Hall–Kier alpha value is -2.60. The van der Waals surface area contributed by atoms with Crippen molar-refractivity contribution in [3.63, 3.8) is 0 Å². The first-order valence-electron chi connectivity index (χ1n) is 6.11. The molecule has 0 fully saturated rings. The molecule has 0 spiro atoms. The first-order valence-corrected chi connectivity index (χ1v) is 6.11. The molecular formula is C14H17N5O. The van der Waals surface area contributed by atoms with E-state index < -0.39 is 0 Å². The quantitative estimate of drug-likeness (QED) is 0.582. The minimum absolute atomic E-state index is 0.260. The van der Waals surface area contributed by atoms with Crippen LogP contribution in [0.5, 0.6) is 0 Å². The zero-order valence-electron chi connectivity index (χ0n) is 11.4. The van der Waals surface area contributed by atoms with E-state index in [4.69, 9.17) is 5.84 Å². The second-order valence-electron chi connectivity index (χ2n) is 4.48. The second-order valence-corrected chi connectivity index (χ2v) is 4.48. The summed E-state index contributed by atoms with van der Waals surface area (Å²) in [5, 5.41) is 2.81. The molecule has 0 saturated heterocycles. The summed E-state index contributed by atoms with van der Waals surface area (Å²) in [7, 11) is 3.89. The Morgan fingerprint density at radius 2 is 2.00 bits per heavy atom. The van der Waals surface area contributed by atoms with Crippen molar-refractivity contribution in [3.8, 4) is 0 Å². The molecule has 4 N–H and O–H groups in total. The predicted octanol–water partition coefficient (Wildman–Crippen LogP) is 1.69. The summed E-state index contributed by atoms with van der Waals surface area (Å²) in [6, 6.07) is 10.9. The van der Waals surface area contributed by atoms with Gasteiger partial charge in [-0.3, -0.25) is 10.6 Å². The van der Waals surface area contributed by atoms with Gasteiger partial charge in [0, 0.05) is 25.5 Å². The Morgan fingerprint density at radius 1 is 1.20 bits per heavy atom. The van der Waals surface area contributed by atoms with Gasteiger partial charge in [-0.15, -0.1) is 0 Å². The SMILES string of the molecule is CN(C)c1cccc(NC(=O)c2ccc(NN)cn2)c1. The molecule has 1 aromatic carbocycles. The van der Waals surface area contributed by atoms with Gasteiger partial charge in [0.05, 0.1) is 11.9 Å². The summed E-state index contributed by atoms with van der Waals surface area (Å²) in [5.41, 5.74) is 5.18. The molecule has 6 heteroatoms. The maximum atomic E-state index is 12.1. The third-order valence-corrected chi connectivity index (χ3v) is 2.78. The molecule has 20 heavy (non-hydrogen) atoms. The average molecular weight is 271 g/mol. The Bertz CT molecular complexity index is 595. The van der Waals surface area contributed by atoms with Gasteiger partial charge in [-0.1, -0.05) is 6.07 Å². The van der Waals surface area contributed by atoms with Gasteiger partial charge in [0.25, 0.3) is 5.91 Å². The number of nitrogens with one attached hydrogen (secondary N) is 2. The number of nitrogens with two attached hydrogens (primary N) is 1. The van der Waals surface area contributed by atoms with Gasteiger partial charge >= 0.3 is 0 Å². The molecule has 0 aliphatic heterocycles. The number of benzene rings is 1. The fourth-order valence-corrected chi connectivity index (χ4v) is 1.67. The van der Waals surface area contributed by atoms with E-state index in [0.29, 0.717) is 11.4 Å². The standard InChI is InChI=1S/C14H17N5O/c1-19(2)12-5-3-4-10(8-12)17-14(20)13-7-6-11(18-15)9-16-13/h3-9,18H,15H2,1-2H3,(H,17,20). The van der Waals surface area contributed by atoms with Crippen LogP contribution in [0.1, 0.15) is 10.5 Å². The molecule has 0 radical (unpaired) electrons. The van der Waals surface area contributed by atoms with Crippen LogP contribution in [0.4, 0.5) is 17.1 Å². The third kappa shape index (κ3) is 3.24. The molecule has 0 aliphatic carbocycles. The van der Waals surface area contributed by atoms with Crippen molar-refractivity contribution < 1.29 is 4.79 Å². The smallest absolute Gasteiger partial charge is 0.274 e. The van der Waals surface area contributed by atoms with Gasteiger partial charge in [0.1, 0.15) is 5.69 Å². The summed E-state index contributed by atoms with van der Waals surface area (Å²) in [6.45, 7) is 0. The van der Waals surface area contributed by atoms with Crippen molar-refractivity contribution in [3.05, 3.63) is 48.3 Å². The van der Waals surface area contributed by atoms with Crippen LogP contribution in [0.25, 0.3) is 0 Å². The van der Waals surface area contributed by atoms with Gasteiger partial charge in [-0.2, -0.15) is 0 Å². The normalized spacial score (nSPS) is 9.95. The summed E-state index contributed by atoms with van der Waals surface area (Å²) in [5.74, 6) is 4.99. The average Bonchev–Trinajstić information content (AvgIpc) is 2.47. The van der Waals surface area contributed by atoms with Gasteiger partial charge < -0.3 is 15.6 Å². The van der Waals surface area contributed by atoms with Crippen molar-refractivity contribution >= 4 is 23.0 Å². The number of pyridine rings is 1. The van der Waals surface area contributed by atoms with Crippen molar-refractivity contribution in [2.45, 2.75) is 0 Å². The molecular weight excluding hydrogens is 254 g/mol. The van der Waals surface area contributed by atoms with Crippen LogP contribution in [-0.2, 0) is 0 Å². The van der Waals surface area contributed by atoms with E-state index in [9.17, 15) is 4.79 Å². The van der Waals surface area contributed by atoms with Crippen molar-refractivity contribution in [2.24, 2.45) is 5.84 Å². The fourth-order valence-electron chi connectivity index (χ4n) is 1.67. The largest absolute Gasteiger partial charge is 0.378 e. The van der Waals surface area contributed by atoms with E-state index >= 15 is 0 Å². The van der Waals surface area contributed by atoms with E-state index in [2.05, 4.69) is 15.7 Å². The van der Waals surface area contributed by atoms with Crippen molar-refractivity contribution in [1.29, 1.82) is 0 Å². The lowest BCUT2D eigenvalue weighted by Crippen LogP contribution is -2.15. The third-order valence-electron chi connectivity index (χ3n) is 2.78. The van der Waals surface area contributed by atoms with Crippen LogP contribution in [0.3, 0.4) is 0 Å². The van der Waals surface area contributed by atoms with Crippen LogP contribution in [-0.4, -0.2) is 25.0 Å². The Morgan fingerprint density at radius 3 is 2.60 bits per heavy atom. The lowest BCUT2D eigenvalue weighted by Gasteiger charge is -2.14. The first-order chi connectivity index (χ1) is 9.60. The van der Waals surface area contributed by atoms with Crippen LogP contribution in [0.15, 0.2) is 42.6 Å². The number of anilines is 3. The highest BCUT2D eigenvalue weighted by atomic mass is 16.1. The van der Waals surface area contributed by atoms with E-state index in [1.807, 2.05) is 43.3 Å². The topological polar surface area (TPSA) is 83.3 Å². The molecule has 1 heterocycles. The van der Waals surface area contributed by atoms with E-state index in [1.54, 1.807) is 12.1 Å². The first kappa shape index (κ1) is 13.8. The van der Waals surface area contributed by atoms with Gasteiger partial charge in [0.15, 0.2) is 0 Å². The molecule has 1 amide bonds. The molecule has 0 saturated carbocycles. The molecule has 0 atom stereocenters. The number of carbonyl (C=O) groups is 1. The number of amides is 1. The second kappa shape index (κ2) is 6.03. The molecule has 1 aromatic heterocycles. The summed E-state index contributed by atoms with van der Waals surface area (Å²) >= 11 is 0. The highest BCUT2D eigenvalue weighted by Gasteiger charge is 2.08. The maximum Gasteiger partial charge on any atom is 0.274 e. The lowest BCUT2D eigenvalue weighted by atomic mass is 10.2. The highest BCUT2D eigenvalue weighted by molar-refractivity contribution is 6.03. The molecule has 6 nitrogen and oxygen atoms in total. The van der Waals surface area contributed by atoms with E-state index in [-0.39, 0.29) is 5.91 Å². The minimum atomic E-state index is -0.260. The summed E-state index contributed by atoms with van der Waals surface area (Å²) in [6.07, 6.45) is 1.51. The number of carbonyl (C=O) groups excluding carboxylic acids is 1. The monoisotopic (exact) mass is 271 g/mol. The lowest BCUT2D eigenvalue weighted by molar-refractivity contribution is 0.102. The highest BCUT2D eigenvalue weighted by Crippen LogP contribution is 2.18.